The van der Waals surface area contributed by atoms with Crippen molar-refractivity contribution in [2.45, 2.75) is 82.6 Å². The molecule has 0 saturated carbocycles. The Labute approximate surface area is 202 Å². The molecule has 3 rings (SSSR count). The number of aliphatic hydroxyl groups is 1. The molecule has 8 heteroatoms. The molecule has 3 saturated heterocycles. The minimum atomic E-state index is -1.07. The van der Waals surface area contributed by atoms with Crippen LogP contribution in [0.1, 0.15) is 59.8 Å². The molecule has 2 bridgehead atoms. The number of amides is 2. The lowest BCUT2D eigenvalue weighted by atomic mass is 9.66. The van der Waals surface area contributed by atoms with E-state index in [-0.39, 0.29) is 25.0 Å². The standard InChI is InChI=1S/C26H40N2O6/c1-7-9-17-33-23(32)19-18-21(30)27(15-10-11-16-29)20(26(18)13-12-25(19,6)34-26)22(31)28(14-8-2)24(3,4)5/h7-8,18-20,29H,1-2,9-17H2,3-6H3/t18-,19+,20?,25-,26?/m0/s1. The van der Waals surface area contributed by atoms with Crippen LogP contribution in [0.25, 0.3) is 0 Å². The van der Waals surface area contributed by atoms with Gasteiger partial charge in [-0.3, -0.25) is 14.4 Å². The van der Waals surface area contributed by atoms with Crippen molar-refractivity contribution in [2.24, 2.45) is 11.8 Å². The summed E-state index contributed by atoms with van der Waals surface area (Å²) >= 11 is 0. The van der Waals surface area contributed by atoms with Crippen molar-refractivity contribution < 1.29 is 29.0 Å². The lowest BCUT2D eigenvalue weighted by molar-refractivity contribution is -0.161. The second-order valence-electron chi connectivity index (χ2n) is 10.8. The van der Waals surface area contributed by atoms with Gasteiger partial charge in [0.1, 0.15) is 17.6 Å². The summed E-state index contributed by atoms with van der Waals surface area (Å²) in [5, 5.41) is 9.28. The molecular weight excluding hydrogens is 436 g/mol. The third-order valence-electron chi connectivity index (χ3n) is 7.53. The lowest BCUT2D eigenvalue weighted by Crippen LogP contribution is -2.60. The summed E-state index contributed by atoms with van der Waals surface area (Å²) in [5.74, 6) is -2.42. The first-order valence-corrected chi connectivity index (χ1v) is 12.3. The van der Waals surface area contributed by atoms with E-state index in [4.69, 9.17) is 9.47 Å². The number of nitrogens with zero attached hydrogens (tertiary/aromatic N) is 2. The number of likely N-dealkylation sites (tertiary alicyclic amines) is 1. The van der Waals surface area contributed by atoms with Crippen LogP contribution < -0.4 is 0 Å². The van der Waals surface area contributed by atoms with Gasteiger partial charge in [0.2, 0.25) is 11.8 Å². The summed E-state index contributed by atoms with van der Waals surface area (Å²) in [7, 11) is 0. The van der Waals surface area contributed by atoms with Crippen molar-refractivity contribution >= 4 is 17.8 Å². The van der Waals surface area contributed by atoms with E-state index in [9.17, 15) is 19.5 Å². The zero-order valence-corrected chi connectivity index (χ0v) is 21.0. The predicted octanol–water partition coefficient (Wildman–Crippen LogP) is 2.46. The number of esters is 1. The smallest absolute Gasteiger partial charge is 0.312 e. The molecule has 5 atom stereocenters. The van der Waals surface area contributed by atoms with Crippen molar-refractivity contribution in [3.8, 4) is 0 Å². The molecule has 3 aliphatic heterocycles. The number of ether oxygens (including phenoxy) is 2. The third-order valence-corrected chi connectivity index (χ3v) is 7.53. The quantitative estimate of drug-likeness (QED) is 0.280. The van der Waals surface area contributed by atoms with Gasteiger partial charge in [-0.1, -0.05) is 12.2 Å². The summed E-state index contributed by atoms with van der Waals surface area (Å²) in [6.07, 6.45) is 6.04. The first kappa shape index (κ1) is 26.4. The van der Waals surface area contributed by atoms with Gasteiger partial charge in [0.15, 0.2) is 0 Å². The summed E-state index contributed by atoms with van der Waals surface area (Å²) < 4.78 is 12.1. The molecule has 0 aliphatic carbocycles. The van der Waals surface area contributed by atoms with E-state index in [0.717, 1.165) is 0 Å². The van der Waals surface area contributed by atoms with Gasteiger partial charge >= 0.3 is 5.97 Å². The molecule has 0 aromatic carbocycles. The minimum Gasteiger partial charge on any atom is -0.465 e. The van der Waals surface area contributed by atoms with Gasteiger partial charge in [-0.2, -0.15) is 0 Å². The van der Waals surface area contributed by atoms with Crippen LogP contribution in [0.4, 0.5) is 0 Å². The summed E-state index contributed by atoms with van der Waals surface area (Å²) in [4.78, 5) is 44.5. The molecule has 3 fully saturated rings. The number of hydrogen-bond acceptors (Lipinski definition) is 6. The maximum absolute atomic E-state index is 14.1. The Bertz CT molecular complexity index is 836. The third kappa shape index (κ3) is 4.31. The van der Waals surface area contributed by atoms with Gasteiger partial charge < -0.3 is 24.4 Å². The van der Waals surface area contributed by atoms with Gasteiger partial charge in [-0.05, 0) is 59.8 Å². The van der Waals surface area contributed by atoms with Crippen LogP contribution in [0.15, 0.2) is 25.3 Å². The summed E-state index contributed by atoms with van der Waals surface area (Å²) in [6.45, 7) is 16.0. The first-order valence-electron chi connectivity index (χ1n) is 12.3. The van der Waals surface area contributed by atoms with Crippen molar-refractivity contribution in [2.75, 3.05) is 26.3 Å². The Hall–Kier alpha value is -2.19. The van der Waals surface area contributed by atoms with E-state index in [1.165, 1.54) is 0 Å². The number of rotatable bonds is 11. The van der Waals surface area contributed by atoms with Crippen LogP contribution in [0, 0.1) is 11.8 Å². The lowest BCUT2D eigenvalue weighted by Gasteiger charge is -2.42. The van der Waals surface area contributed by atoms with Gasteiger partial charge in [-0.15, -0.1) is 13.2 Å². The fraction of sp³-hybridized carbons (Fsp3) is 0.731. The Balaban J connectivity index is 2.03. The van der Waals surface area contributed by atoms with Crippen LogP contribution in [-0.4, -0.2) is 81.8 Å². The maximum atomic E-state index is 14.1. The van der Waals surface area contributed by atoms with Gasteiger partial charge in [0.25, 0.3) is 0 Å². The van der Waals surface area contributed by atoms with E-state index in [1.54, 1.807) is 22.0 Å². The first-order chi connectivity index (χ1) is 16.0. The zero-order chi connectivity index (χ0) is 25.3. The largest absolute Gasteiger partial charge is 0.465 e. The maximum Gasteiger partial charge on any atom is 0.312 e. The molecule has 34 heavy (non-hydrogen) atoms. The molecule has 1 N–H and O–H groups in total. The van der Waals surface area contributed by atoms with Crippen LogP contribution in [0.2, 0.25) is 0 Å². The highest BCUT2D eigenvalue weighted by Crippen LogP contribution is 2.63. The molecule has 8 nitrogen and oxygen atoms in total. The Morgan fingerprint density at radius 3 is 2.56 bits per heavy atom. The molecule has 3 aliphatic rings. The van der Waals surface area contributed by atoms with Crippen LogP contribution >= 0.6 is 0 Å². The highest BCUT2D eigenvalue weighted by atomic mass is 16.6. The molecule has 1 spiro atoms. The average molecular weight is 477 g/mol. The summed E-state index contributed by atoms with van der Waals surface area (Å²) in [6, 6.07) is -0.837. The Morgan fingerprint density at radius 2 is 1.97 bits per heavy atom. The number of unbranched alkanes of at least 4 members (excludes halogenated alkanes) is 1. The molecule has 0 aromatic heterocycles. The van der Waals surface area contributed by atoms with Crippen LogP contribution in [-0.2, 0) is 23.9 Å². The zero-order valence-electron chi connectivity index (χ0n) is 21.0. The second kappa shape index (κ2) is 9.82. The summed E-state index contributed by atoms with van der Waals surface area (Å²) in [5.41, 5.74) is -2.43. The molecule has 0 radical (unpaired) electrons. The van der Waals surface area contributed by atoms with Gasteiger partial charge in [-0.25, -0.2) is 0 Å². The Kier molecular flexibility index (Phi) is 7.63. The topological polar surface area (TPSA) is 96.4 Å². The van der Waals surface area contributed by atoms with E-state index in [2.05, 4.69) is 13.2 Å². The molecule has 190 valence electrons. The van der Waals surface area contributed by atoms with Crippen LogP contribution in [0.3, 0.4) is 0 Å². The van der Waals surface area contributed by atoms with E-state index in [0.29, 0.717) is 45.2 Å². The number of aliphatic hydroxyl groups excluding tert-OH is 1. The average Bonchev–Trinajstić information content (AvgIpc) is 3.32. The van der Waals surface area contributed by atoms with Crippen LogP contribution in [0.5, 0.6) is 0 Å². The fourth-order valence-electron chi connectivity index (χ4n) is 6.00. The number of carbonyl (C=O) groups is 3. The minimum absolute atomic E-state index is 0.00657. The molecule has 2 unspecified atom stereocenters. The molecule has 2 amide bonds. The molecule has 0 aromatic rings. The SMILES string of the molecule is C=CCCOC(=O)[C@H]1[C@H]2C(=O)N(CCCCO)C(C(=O)N(CC=C)C(C)(C)C)C23CC[C@]1(C)O3. The highest BCUT2D eigenvalue weighted by Gasteiger charge is 2.78. The number of carbonyl (C=O) groups excluding carboxylic acids is 3. The predicted molar refractivity (Wildman–Crippen MR) is 128 cm³/mol. The Morgan fingerprint density at radius 1 is 1.26 bits per heavy atom. The van der Waals surface area contributed by atoms with Crippen molar-refractivity contribution in [3.63, 3.8) is 0 Å². The fourth-order valence-corrected chi connectivity index (χ4v) is 6.00. The van der Waals surface area contributed by atoms with Gasteiger partial charge in [0, 0.05) is 25.2 Å². The van der Waals surface area contributed by atoms with Crippen molar-refractivity contribution in [3.05, 3.63) is 25.3 Å². The van der Waals surface area contributed by atoms with E-state index < -0.39 is 40.6 Å². The number of hydrogen-bond donors (Lipinski definition) is 1. The van der Waals surface area contributed by atoms with E-state index >= 15 is 0 Å². The monoisotopic (exact) mass is 476 g/mol. The highest BCUT2D eigenvalue weighted by molar-refractivity contribution is 5.98. The second-order valence-corrected chi connectivity index (χ2v) is 10.8. The molecule has 3 heterocycles. The normalized spacial score (nSPS) is 32.0. The van der Waals surface area contributed by atoms with Gasteiger partial charge in [0.05, 0.1) is 18.1 Å². The number of fused-ring (bicyclic) bond motifs is 1. The van der Waals surface area contributed by atoms with Crippen molar-refractivity contribution in [1.29, 1.82) is 0 Å². The van der Waals surface area contributed by atoms with Crippen molar-refractivity contribution in [1.82, 2.24) is 9.80 Å². The molecular formula is C26H40N2O6. The van der Waals surface area contributed by atoms with E-state index in [1.807, 2.05) is 27.7 Å².